The molecular formula is C18H25N3O3. The molecule has 1 aliphatic rings. The lowest BCUT2D eigenvalue weighted by molar-refractivity contribution is -0.131. The highest BCUT2D eigenvalue weighted by atomic mass is 16.5. The van der Waals surface area contributed by atoms with Gasteiger partial charge in [-0.3, -0.25) is 9.69 Å². The third-order valence-electron chi connectivity index (χ3n) is 4.42. The minimum atomic E-state index is -0.647. The lowest BCUT2D eigenvalue weighted by Gasteiger charge is -2.38. The van der Waals surface area contributed by atoms with Gasteiger partial charge in [0, 0.05) is 36.7 Å². The number of aromatic amines is 1. The van der Waals surface area contributed by atoms with Crippen LogP contribution in [-0.2, 0) is 4.79 Å². The summed E-state index contributed by atoms with van der Waals surface area (Å²) in [5.41, 5.74) is 1.01. The Morgan fingerprint density at radius 2 is 2.21 bits per heavy atom. The van der Waals surface area contributed by atoms with Crippen molar-refractivity contribution in [2.75, 3.05) is 26.2 Å². The number of amides is 1. The molecule has 3 N–H and O–H groups in total. The minimum absolute atomic E-state index is 0.0430. The van der Waals surface area contributed by atoms with Gasteiger partial charge in [0.05, 0.1) is 6.04 Å². The van der Waals surface area contributed by atoms with E-state index in [0.29, 0.717) is 13.1 Å². The average Bonchev–Trinajstić information content (AvgIpc) is 3.01. The Labute approximate surface area is 141 Å². The summed E-state index contributed by atoms with van der Waals surface area (Å²) in [6.07, 6.45) is 1.22. The first kappa shape index (κ1) is 16.8. The van der Waals surface area contributed by atoms with Crippen LogP contribution in [0.25, 0.3) is 10.9 Å². The first-order chi connectivity index (χ1) is 11.6. The van der Waals surface area contributed by atoms with E-state index in [1.807, 2.05) is 44.3 Å². The van der Waals surface area contributed by atoms with Crippen molar-refractivity contribution in [2.24, 2.45) is 5.92 Å². The van der Waals surface area contributed by atoms with Crippen LogP contribution in [0, 0.1) is 5.92 Å². The number of β-amino-alcohol motifs (C(OH)–C–C–N with tert-alkyl or cyclic N) is 1. The van der Waals surface area contributed by atoms with E-state index in [1.165, 1.54) is 0 Å². The largest absolute Gasteiger partial charge is 0.490 e. The molecule has 1 amide bonds. The maximum Gasteiger partial charge on any atom is 0.237 e. The number of carbonyl (C=O) groups excluding carboxylic acids is 1. The fourth-order valence-electron chi connectivity index (χ4n) is 3.35. The number of rotatable bonds is 6. The summed E-state index contributed by atoms with van der Waals surface area (Å²) < 4.78 is 5.81. The van der Waals surface area contributed by atoms with E-state index in [-0.39, 0.29) is 24.5 Å². The molecule has 1 aromatic heterocycles. The van der Waals surface area contributed by atoms with Gasteiger partial charge in [0.25, 0.3) is 0 Å². The number of hydrogen-bond acceptors (Lipinski definition) is 4. The third kappa shape index (κ3) is 3.55. The minimum Gasteiger partial charge on any atom is -0.490 e. The molecular weight excluding hydrogens is 306 g/mol. The molecule has 6 heteroatoms. The van der Waals surface area contributed by atoms with Crippen molar-refractivity contribution in [1.82, 2.24) is 15.2 Å². The maximum atomic E-state index is 12.1. The Balaban J connectivity index is 1.60. The van der Waals surface area contributed by atoms with Gasteiger partial charge in [-0.25, -0.2) is 0 Å². The number of benzene rings is 1. The number of ether oxygens (including phenoxy) is 1. The number of aliphatic hydroxyl groups excluding tert-OH is 1. The van der Waals surface area contributed by atoms with Crippen molar-refractivity contribution < 1.29 is 14.6 Å². The van der Waals surface area contributed by atoms with E-state index in [0.717, 1.165) is 23.2 Å². The Morgan fingerprint density at radius 1 is 1.38 bits per heavy atom. The van der Waals surface area contributed by atoms with Crippen molar-refractivity contribution in [1.29, 1.82) is 0 Å². The number of aromatic nitrogens is 1. The molecule has 130 valence electrons. The molecule has 0 radical (unpaired) electrons. The quantitative estimate of drug-likeness (QED) is 0.747. The molecule has 24 heavy (non-hydrogen) atoms. The van der Waals surface area contributed by atoms with E-state index in [9.17, 15) is 9.90 Å². The first-order valence-electron chi connectivity index (χ1n) is 8.45. The number of H-pyrrole nitrogens is 1. The van der Waals surface area contributed by atoms with E-state index in [1.54, 1.807) is 0 Å². The molecule has 2 heterocycles. The summed E-state index contributed by atoms with van der Waals surface area (Å²) in [6.45, 7) is 6.06. The number of nitrogens with one attached hydrogen (secondary N) is 2. The average molecular weight is 331 g/mol. The number of aliphatic hydroxyl groups is 1. The van der Waals surface area contributed by atoms with Crippen molar-refractivity contribution in [3.8, 4) is 5.75 Å². The predicted molar refractivity (Wildman–Crippen MR) is 93.0 cm³/mol. The van der Waals surface area contributed by atoms with Crippen LogP contribution < -0.4 is 10.1 Å². The van der Waals surface area contributed by atoms with Gasteiger partial charge in [0.15, 0.2) is 0 Å². The standard InChI is InChI=1S/C18H25N3O3/c1-12(2)17-18(23)20-8-9-21(17)10-13(22)11-24-16-5-3-4-15-14(16)6-7-19-15/h3-7,12-13,17,19,22H,8-11H2,1-2H3,(H,20,23). The van der Waals surface area contributed by atoms with Gasteiger partial charge in [0.1, 0.15) is 18.5 Å². The topological polar surface area (TPSA) is 77.6 Å². The smallest absolute Gasteiger partial charge is 0.237 e. The molecule has 1 fully saturated rings. The van der Waals surface area contributed by atoms with Crippen LogP contribution in [0.1, 0.15) is 13.8 Å². The van der Waals surface area contributed by atoms with Gasteiger partial charge in [-0.2, -0.15) is 0 Å². The normalized spacial score (nSPS) is 20.3. The molecule has 1 aliphatic heterocycles. The van der Waals surface area contributed by atoms with E-state index < -0.39 is 6.10 Å². The van der Waals surface area contributed by atoms with Crippen LogP contribution in [0.5, 0.6) is 5.75 Å². The highest BCUT2D eigenvalue weighted by molar-refractivity contribution is 5.85. The van der Waals surface area contributed by atoms with Crippen LogP contribution in [0.2, 0.25) is 0 Å². The lowest BCUT2D eigenvalue weighted by atomic mass is 9.99. The summed E-state index contributed by atoms with van der Waals surface area (Å²) in [7, 11) is 0. The third-order valence-corrected chi connectivity index (χ3v) is 4.42. The highest BCUT2D eigenvalue weighted by Gasteiger charge is 2.33. The lowest BCUT2D eigenvalue weighted by Crippen LogP contribution is -2.59. The number of piperazine rings is 1. The van der Waals surface area contributed by atoms with Crippen molar-refractivity contribution in [2.45, 2.75) is 26.0 Å². The molecule has 0 spiro atoms. The first-order valence-corrected chi connectivity index (χ1v) is 8.45. The summed E-state index contributed by atoms with van der Waals surface area (Å²) >= 11 is 0. The molecule has 0 aliphatic carbocycles. The molecule has 2 atom stereocenters. The van der Waals surface area contributed by atoms with Crippen molar-refractivity contribution in [3.63, 3.8) is 0 Å². The van der Waals surface area contributed by atoms with Gasteiger partial charge < -0.3 is 20.1 Å². The van der Waals surface area contributed by atoms with Gasteiger partial charge in [0.2, 0.25) is 5.91 Å². The van der Waals surface area contributed by atoms with Gasteiger partial charge in [-0.15, -0.1) is 0 Å². The second-order valence-corrected chi connectivity index (χ2v) is 6.63. The van der Waals surface area contributed by atoms with Gasteiger partial charge in [-0.1, -0.05) is 19.9 Å². The van der Waals surface area contributed by atoms with E-state index in [2.05, 4.69) is 15.2 Å². The number of carbonyl (C=O) groups is 1. The molecule has 1 saturated heterocycles. The van der Waals surface area contributed by atoms with Crippen molar-refractivity contribution >= 4 is 16.8 Å². The molecule has 2 aromatic rings. The Hall–Kier alpha value is -2.05. The summed E-state index contributed by atoms with van der Waals surface area (Å²) in [5.74, 6) is 0.998. The highest BCUT2D eigenvalue weighted by Crippen LogP contribution is 2.24. The molecule has 3 rings (SSSR count). The second-order valence-electron chi connectivity index (χ2n) is 6.63. The van der Waals surface area contributed by atoms with Crippen LogP contribution in [0.4, 0.5) is 0 Å². The summed E-state index contributed by atoms with van der Waals surface area (Å²) in [5, 5.41) is 14.3. The Bertz CT molecular complexity index is 698. The maximum absolute atomic E-state index is 12.1. The van der Waals surface area contributed by atoms with Crippen LogP contribution in [0.3, 0.4) is 0 Å². The van der Waals surface area contributed by atoms with Crippen molar-refractivity contribution in [3.05, 3.63) is 30.5 Å². The van der Waals surface area contributed by atoms with Crippen LogP contribution >= 0.6 is 0 Å². The van der Waals surface area contributed by atoms with Gasteiger partial charge >= 0.3 is 0 Å². The molecule has 2 unspecified atom stereocenters. The fourth-order valence-corrected chi connectivity index (χ4v) is 3.35. The molecule has 0 bridgehead atoms. The summed E-state index contributed by atoms with van der Waals surface area (Å²) in [4.78, 5) is 17.2. The summed E-state index contributed by atoms with van der Waals surface area (Å²) in [6, 6.07) is 7.57. The zero-order valence-electron chi connectivity index (χ0n) is 14.2. The number of fused-ring (bicyclic) bond motifs is 1. The molecule has 1 aromatic carbocycles. The monoisotopic (exact) mass is 331 g/mol. The Kier molecular flexibility index (Phi) is 5.06. The molecule has 0 saturated carbocycles. The second kappa shape index (κ2) is 7.23. The fraction of sp³-hybridized carbons (Fsp3) is 0.500. The van der Waals surface area contributed by atoms with Crippen LogP contribution in [-0.4, -0.2) is 59.3 Å². The van der Waals surface area contributed by atoms with E-state index in [4.69, 9.17) is 4.74 Å². The van der Waals surface area contributed by atoms with Gasteiger partial charge in [-0.05, 0) is 24.1 Å². The zero-order chi connectivity index (χ0) is 17.1. The SMILES string of the molecule is CC(C)C1C(=O)NCCN1CC(O)COc1cccc2[nH]ccc12. The number of nitrogens with zero attached hydrogens (tertiary/aromatic N) is 1. The van der Waals surface area contributed by atoms with E-state index >= 15 is 0 Å². The van der Waals surface area contributed by atoms with Crippen LogP contribution in [0.15, 0.2) is 30.5 Å². The Morgan fingerprint density at radius 3 is 3.00 bits per heavy atom. The predicted octanol–water partition coefficient (Wildman–Crippen LogP) is 1.36. The zero-order valence-corrected chi connectivity index (χ0v) is 14.2. The molecule has 6 nitrogen and oxygen atoms in total. The number of hydrogen-bond donors (Lipinski definition) is 3.